The number of nitrogens with zero attached hydrogens (tertiary/aromatic N) is 2. The van der Waals surface area contributed by atoms with Crippen LogP contribution < -0.4 is 10.6 Å². The van der Waals surface area contributed by atoms with Gasteiger partial charge in [-0.05, 0) is 56.5 Å². The molecule has 3 rings (SSSR count). The van der Waals surface area contributed by atoms with Crippen molar-refractivity contribution < 1.29 is 22.8 Å². The molecule has 170 valence electrons. The van der Waals surface area contributed by atoms with Crippen LogP contribution in [0, 0.1) is 11.3 Å². The summed E-state index contributed by atoms with van der Waals surface area (Å²) >= 11 is 6.98. The van der Waals surface area contributed by atoms with Crippen molar-refractivity contribution in [3.05, 3.63) is 44.8 Å². The van der Waals surface area contributed by atoms with E-state index < -0.39 is 22.7 Å². The molecule has 0 saturated carbocycles. The molecule has 11 heteroatoms. The summed E-state index contributed by atoms with van der Waals surface area (Å²) in [6.45, 7) is -0.348. The molecule has 2 N–H and O–H groups in total. The molecule has 0 atom stereocenters. The molecule has 32 heavy (non-hydrogen) atoms. The van der Waals surface area contributed by atoms with Crippen molar-refractivity contribution >= 4 is 45.4 Å². The number of anilines is 2. The lowest BCUT2D eigenvalue weighted by Crippen LogP contribution is -2.36. The predicted octanol–water partition coefficient (Wildman–Crippen LogP) is 4.68. The van der Waals surface area contributed by atoms with Crippen LogP contribution in [0.1, 0.15) is 34.4 Å². The summed E-state index contributed by atoms with van der Waals surface area (Å²) in [5.41, 5.74) is 0.415. The molecule has 0 unspecified atom stereocenters. The number of likely N-dealkylation sites (N-methyl/N-ethyl adjacent to an activating group) is 1. The predicted molar refractivity (Wildman–Crippen MR) is 117 cm³/mol. The van der Waals surface area contributed by atoms with Crippen molar-refractivity contribution in [2.45, 2.75) is 31.9 Å². The number of alkyl halides is 3. The zero-order chi connectivity index (χ0) is 23.5. The minimum atomic E-state index is -4.64. The quantitative estimate of drug-likeness (QED) is 0.623. The zero-order valence-corrected chi connectivity index (χ0v) is 18.7. The Morgan fingerprint density at radius 1 is 1.19 bits per heavy atom. The highest BCUT2D eigenvalue weighted by Crippen LogP contribution is 2.38. The lowest BCUT2D eigenvalue weighted by molar-refractivity contribution is -0.137. The van der Waals surface area contributed by atoms with Crippen molar-refractivity contribution in [2.75, 3.05) is 30.8 Å². The van der Waals surface area contributed by atoms with Gasteiger partial charge in [-0.1, -0.05) is 11.6 Å². The Hall–Kier alpha value is -2.61. The van der Waals surface area contributed by atoms with Crippen LogP contribution in [0.5, 0.6) is 0 Å². The lowest BCUT2D eigenvalue weighted by atomic mass is 9.96. The number of rotatable bonds is 6. The Morgan fingerprint density at radius 3 is 2.50 bits per heavy atom. The Kier molecular flexibility index (Phi) is 7.44. The molecule has 1 aliphatic rings. The molecule has 0 fully saturated rings. The molecule has 2 aromatic rings. The van der Waals surface area contributed by atoms with Crippen LogP contribution in [-0.4, -0.2) is 36.9 Å². The minimum absolute atomic E-state index is 0.0487. The average Bonchev–Trinajstić information content (AvgIpc) is 3.04. The van der Waals surface area contributed by atoms with E-state index in [0.717, 1.165) is 48.3 Å². The number of fused-ring (bicyclic) bond motifs is 1. The van der Waals surface area contributed by atoms with E-state index in [1.807, 2.05) is 0 Å². The van der Waals surface area contributed by atoms with Gasteiger partial charge in [0, 0.05) is 10.6 Å². The smallest absolute Gasteiger partial charge is 0.325 e. The van der Waals surface area contributed by atoms with E-state index in [1.165, 1.54) is 29.4 Å². The second-order valence-corrected chi connectivity index (χ2v) is 9.00. The number of benzene rings is 1. The first-order valence-electron chi connectivity index (χ1n) is 9.78. The highest BCUT2D eigenvalue weighted by atomic mass is 35.5. The third-order valence-corrected chi connectivity index (χ3v) is 6.46. The number of nitrogens with one attached hydrogen (secondary N) is 2. The molecule has 0 aliphatic heterocycles. The highest BCUT2D eigenvalue weighted by molar-refractivity contribution is 7.16. The Balaban J connectivity index is 1.56. The van der Waals surface area contributed by atoms with Gasteiger partial charge in [-0.15, -0.1) is 11.3 Å². The van der Waals surface area contributed by atoms with E-state index in [-0.39, 0.29) is 24.7 Å². The highest BCUT2D eigenvalue weighted by Gasteiger charge is 2.33. The average molecular weight is 485 g/mol. The molecule has 0 saturated heterocycles. The summed E-state index contributed by atoms with van der Waals surface area (Å²) in [4.78, 5) is 27.2. The molecule has 1 heterocycles. The van der Waals surface area contributed by atoms with Crippen molar-refractivity contribution in [3.8, 4) is 6.07 Å². The second-order valence-electron chi connectivity index (χ2n) is 7.49. The number of halogens is 4. The number of hydrogen-bond acceptors (Lipinski definition) is 5. The third kappa shape index (κ3) is 5.79. The van der Waals surface area contributed by atoms with Crippen LogP contribution >= 0.6 is 22.9 Å². The molecule has 0 radical (unpaired) electrons. The third-order valence-electron chi connectivity index (χ3n) is 4.92. The lowest BCUT2D eigenvalue weighted by Gasteiger charge is -2.16. The van der Waals surface area contributed by atoms with E-state index in [0.29, 0.717) is 10.6 Å². The summed E-state index contributed by atoms with van der Waals surface area (Å²) in [5.74, 6) is -0.971. The molecule has 6 nitrogen and oxygen atoms in total. The van der Waals surface area contributed by atoms with Gasteiger partial charge in [-0.3, -0.25) is 14.5 Å². The van der Waals surface area contributed by atoms with Crippen LogP contribution in [0.4, 0.5) is 23.9 Å². The fraction of sp³-hybridized carbons (Fsp3) is 0.381. The van der Waals surface area contributed by atoms with E-state index >= 15 is 0 Å². The van der Waals surface area contributed by atoms with Gasteiger partial charge in [0.2, 0.25) is 11.8 Å². The Bertz CT molecular complexity index is 1080. The summed E-state index contributed by atoms with van der Waals surface area (Å²) < 4.78 is 38.9. The van der Waals surface area contributed by atoms with Crippen LogP contribution in [0.3, 0.4) is 0 Å². The SMILES string of the molecule is CN(CC(=O)Nc1ccc(Cl)c(C(F)(F)F)c1)CC(=O)Nc1sc2c(c1C#N)CCCC2. The molecule has 0 bridgehead atoms. The van der Waals surface area contributed by atoms with E-state index in [9.17, 15) is 28.0 Å². The molecular weight excluding hydrogens is 465 g/mol. The monoisotopic (exact) mass is 484 g/mol. The van der Waals surface area contributed by atoms with Crippen LogP contribution in [-0.2, 0) is 28.6 Å². The van der Waals surface area contributed by atoms with Crippen molar-refractivity contribution in [1.29, 1.82) is 5.26 Å². The Labute approximate surface area is 192 Å². The summed E-state index contributed by atoms with van der Waals surface area (Å²) in [6, 6.07) is 5.26. The largest absolute Gasteiger partial charge is 0.417 e. The van der Waals surface area contributed by atoms with Crippen LogP contribution in [0.25, 0.3) is 0 Å². The van der Waals surface area contributed by atoms with Gasteiger partial charge < -0.3 is 10.6 Å². The second kappa shape index (κ2) is 9.90. The van der Waals surface area contributed by atoms with E-state index in [1.54, 1.807) is 0 Å². The molecule has 2 amide bonds. The topological polar surface area (TPSA) is 85.2 Å². The number of aryl methyl sites for hydroxylation is 1. The van der Waals surface area contributed by atoms with Gasteiger partial charge in [-0.2, -0.15) is 18.4 Å². The maximum atomic E-state index is 13.0. The normalized spacial score (nSPS) is 13.4. The number of hydrogen-bond donors (Lipinski definition) is 2. The number of carbonyl (C=O) groups excluding carboxylic acids is 2. The van der Waals surface area contributed by atoms with Crippen molar-refractivity contribution in [2.24, 2.45) is 0 Å². The first-order valence-corrected chi connectivity index (χ1v) is 11.0. The number of nitriles is 1. The fourth-order valence-corrected chi connectivity index (χ4v) is 4.99. The summed E-state index contributed by atoms with van der Waals surface area (Å²) in [7, 11) is 1.53. The Morgan fingerprint density at radius 2 is 1.84 bits per heavy atom. The molecule has 1 aliphatic carbocycles. The van der Waals surface area contributed by atoms with E-state index in [2.05, 4.69) is 16.7 Å². The van der Waals surface area contributed by atoms with Crippen molar-refractivity contribution in [3.63, 3.8) is 0 Å². The fourth-order valence-electron chi connectivity index (χ4n) is 3.51. The van der Waals surface area contributed by atoms with Gasteiger partial charge in [0.1, 0.15) is 11.1 Å². The number of thiophene rings is 1. The molecule has 1 aromatic heterocycles. The van der Waals surface area contributed by atoms with Gasteiger partial charge in [0.05, 0.1) is 29.2 Å². The minimum Gasteiger partial charge on any atom is -0.325 e. The molecule has 0 spiro atoms. The number of amides is 2. The first-order chi connectivity index (χ1) is 15.1. The zero-order valence-electron chi connectivity index (χ0n) is 17.1. The number of carbonyl (C=O) groups is 2. The van der Waals surface area contributed by atoms with Gasteiger partial charge in [0.25, 0.3) is 0 Å². The maximum absolute atomic E-state index is 13.0. The standard InChI is InChI=1S/C21H20ClF3N4O2S/c1-29(10-18(30)27-12-6-7-16(22)15(8-12)21(23,24)25)11-19(31)28-20-14(9-26)13-4-2-3-5-17(13)32-20/h6-8H,2-5,10-11H2,1H3,(H,27,30)(H,28,31). The van der Waals surface area contributed by atoms with Crippen LogP contribution in [0.15, 0.2) is 18.2 Å². The van der Waals surface area contributed by atoms with Gasteiger partial charge >= 0.3 is 6.18 Å². The molecule has 1 aromatic carbocycles. The molecular formula is C21H20ClF3N4O2S. The maximum Gasteiger partial charge on any atom is 0.417 e. The summed E-state index contributed by atoms with van der Waals surface area (Å²) in [6.07, 6.45) is -0.851. The first kappa shape index (κ1) is 24.0. The summed E-state index contributed by atoms with van der Waals surface area (Å²) in [5, 5.41) is 14.6. The van der Waals surface area contributed by atoms with E-state index in [4.69, 9.17) is 11.6 Å². The van der Waals surface area contributed by atoms with Crippen LogP contribution in [0.2, 0.25) is 5.02 Å². The van der Waals surface area contributed by atoms with Gasteiger partial charge in [0.15, 0.2) is 0 Å². The van der Waals surface area contributed by atoms with Gasteiger partial charge in [-0.25, -0.2) is 0 Å². The van der Waals surface area contributed by atoms with Crippen molar-refractivity contribution in [1.82, 2.24) is 4.90 Å².